The SMILES string of the molecule is N#CC1=C(N)OC2=C(C(=O)c3ccccc3C2=O)[C@H]1c1ccsc1. The Morgan fingerprint density at radius 3 is 2.46 bits per heavy atom. The lowest BCUT2D eigenvalue weighted by molar-refractivity contribution is 0.0897. The lowest BCUT2D eigenvalue weighted by Gasteiger charge is -2.30. The molecule has 1 atom stereocenters. The molecule has 1 aromatic carbocycles. The van der Waals surface area contributed by atoms with Crippen molar-refractivity contribution in [2.24, 2.45) is 5.73 Å². The fourth-order valence-corrected chi connectivity index (χ4v) is 3.77. The molecule has 1 aliphatic carbocycles. The maximum absolute atomic E-state index is 13.0. The molecule has 24 heavy (non-hydrogen) atoms. The number of hydrogen-bond donors (Lipinski definition) is 1. The average molecular weight is 334 g/mol. The molecule has 0 bridgehead atoms. The van der Waals surface area contributed by atoms with Crippen molar-refractivity contribution in [3.8, 4) is 6.07 Å². The largest absolute Gasteiger partial charge is 0.436 e. The summed E-state index contributed by atoms with van der Waals surface area (Å²) in [5.41, 5.74) is 7.55. The van der Waals surface area contributed by atoms with Crippen LogP contribution in [0.15, 0.2) is 63.9 Å². The van der Waals surface area contributed by atoms with Crippen LogP contribution in [0.2, 0.25) is 0 Å². The highest BCUT2D eigenvalue weighted by atomic mass is 32.1. The minimum atomic E-state index is -0.685. The zero-order chi connectivity index (χ0) is 16.8. The molecule has 5 nitrogen and oxygen atoms in total. The molecule has 2 aromatic rings. The highest BCUT2D eigenvalue weighted by molar-refractivity contribution is 7.08. The Hall–Kier alpha value is -3.17. The van der Waals surface area contributed by atoms with E-state index in [1.807, 2.05) is 22.9 Å². The van der Waals surface area contributed by atoms with Gasteiger partial charge in [-0.1, -0.05) is 24.3 Å². The molecule has 0 fully saturated rings. The number of nitrogens with zero attached hydrogens (tertiary/aromatic N) is 1. The van der Waals surface area contributed by atoms with Gasteiger partial charge in [0.2, 0.25) is 11.7 Å². The molecule has 2 N–H and O–H groups in total. The topological polar surface area (TPSA) is 93.2 Å². The van der Waals surface area contributed by atoms with Gasteiger partial charge in [0.1, 0.15) is 11.6 Å². The quantitative estimate of drug-likeness (QED) is 0.865. The summed E-state index contributed by atoms with van der Waals surface area (Å²) in [6.45, 7) is 0. The second-order valence-corrected chi connectivity index (χ2v) is 6.21. The Labute approximate surface area is 141 Å². The first-order chi connectivity index (χ1) is 11.6. The van der Waals surface area contributed by atoms with Gasteiger partial charge in [-0.05, 0) is 22.4 Å². The van der Waals surface area contributed by atoms with Crippen LogP contribution in [0.3, 0.4) is 0 Å². The van der Waals surface area contributed by atoms with E-state index in [0.29, 0.717) is 11.1 Å². The standard InChI is InChI=1S/C18H10N2O3S/c19-7-12-13(9-5-6-24-8-9)14-15(21)10-3-1-2-4-11(10)16(22)17(14)23-18(12)20/h1-6,8,13H,20H2/t13-/m0/s1. The van der Waals surface area contributed by atoms with Crippen LogP contribution in [0.25, 0.3) is 0 Å². The molecule has 0 saturated carbocycles. The smallest absolute Gasteiger partial charge is 0.229 e. The van der Waals surface area contributed by atoms with Crippen molar-refractivity contribution in [3.63, 3.8) is 0 Å². The molecule has 0 spiro atoms. The minimum Gasteiger partial charge on any atom is -0.436 e. The Morgan fingerprint density at radius 2 is 1.83 bits per heavy atom. The summed E-state index contributed by atoms with van der Waals surface area (Å²) in [5, 5.41) is 13.2. The average Bonchev–Trinajstić information content (AvgIpc) is 3.13. The fourth-order valence-electron chi connectivity index (χ4n) is 3.08. The van der Waals surface area contributed by atoms with Crippen LogP contribution in [0, 0.1) is 11.3 Å². The molecule has 1 aliphatic heterocycles. The molecule has 116 valence electrons. The highest BCUT2D eigenvalue weighted by Crippen LogP contribution is 2.44. The number of hydrogen-bond acceptors (Lipinski definition) is 6. The number of carbonyl (C=O) groups excluding carboxylic acids is 2. The van der Waals surface area contributed by atoms with Crippen LogP contribution in [-0.4, -0.2) is 11.6 Å². The second-order valence-electron chi connectivity index (χ2n) is 5.43. The van der Waals surface area contributed by atoms with Gasteiger partial charge in [0.05, 0.1) is 11.5 Å². The third-order valence-electron chi connectivity index (χ3n) is 4.16. The molecule has 6 heteroatoms. The van der Waals surface area contributed by atoms with Crippen molar-refractivity contribution in [1.82, 2.24) is 0 Å². The van der Waals surface area contributed by atoms with Crippen molar-refractivity contribution >= 4 is 22.9 Å². The van der Waals surface area contributed by atoms with Crippen molar-refractivity contribution in [3.05, 3.63) is 80.6 Å². The number of Topliss-reactive ketones (excluding diaryl/α,β-unsaturated/α-hetero) is 2. The van der Waals surface area contributed by atoms with Crippen molar-refractivity contribution in [2.75, 3.05) is 0 Å². The number of ketones is 2. The molecular weight excluding hydrogens is 324 g/mol. The van der Waals surface area contributed by atoms with Gasteiger partial charge in [-0.25, -0.2) is 0 Å². The van der Waals surface area contributed by atoms with Crippen molar-refractivity contribution in [1.29, 1.82) is 5.26 Å². The predicted octanol–water partition coefficient (Wildman–Crippen LogP) is 2.89. The van der Waals surface area contributed by atoms with E-state index in [2.05, 4.69) is 0 Å². The van der Waals surface area contributed by atoms with Gasteiger partial charge in [0.25, 0.3) is 0 Å². The molecule has 2 aliphatic rings. The minimum absolute atomic E-state index is 0.0774. The lowest BCUT2D eigenvalue weighted by atomic mass is 9.76. The number of carbonyl (C=O) groups is 2. The van der Waals surface area contributed by atoms with Crippen LogP contribution in [0.5, 0.6) is 0 Å². The van der Waals surface area contributed by atoms with Crippen molar-refractivity contribution < 1.29 is 14.3 Å². The number of ether oxygens (including phenoxy) is 1. The number of nitrogens with two attached hydrogens (primary N) is 1. The predicted molar refractivity (Wildman–Crippen MR) is 87.1 cm³/mol. The van der Waals surface area contributed by atoms with Crippen LogP contribution in [0.4, 0.5) is 0 Å². The van der Waals surface area contributed by atoms with Crippen LogP contribution < -0.4 is 5.73 Å². The zero-order valence-electron chi connectivity index (χ0n) is 12.3. The third kappa shape index (κ3) is 1.85. The number of thiophene rings is 1. The van der Waals surface area contributed by atoms with E-state index in [1.165, 1.54) is 11.3 Å². The van der Waals surface area contributed by atoms with E-state index in [4.69, 9.17) is 10.5 Å². The van der Waals surface area contributed by atoms with Crippen LogP contribution in [-0.2, 0) is 4.74 Å². The molecule has 2 heterocycles. The number of fused-ring (bicyclic) bond motifs is 1. The summed E-state index contributed by atoms with van der Waals surface area (Å²) < 4.78 is 5.41. The highest BCUT2D eigenvalue weighted by Gasteiger charge is 2.43. The van der Waals surface area contributed by atoms with E-state index in [1.54, 1.807) is 24.3 Å². The molecule has 4 rings (SSSR count). The van der Waals surface area contributed by atoms with Gasteiger partial charge < -0.3 is 10.5 Å². The monoisotopic (exact) mass is 334 g/mol. The second kappa shape index (κ2) is 5.18. The molecule has 0 unspecified atom stereocenters. The number of allylic oxidation sites excluding steroid dienone is 3. The van der Waals surface area contributed by atoms with E-state index < -0.39 is 5.92 Å². The maximum Gasteiger partial charge on any atom is 0.229 e. The third-order valence-corrected chi connectivity index (χ3v) is 4.87. The van der Waals surface area contributed by atoms with Gasteiger partial charge in [-0.3, -0.25) is 9.59 Å². The number of benzene rings is 1. The Morgan fingerprint density at radius 1 is 1.12 bits per heavy atom. The van der Waals surface area contributed by atoms with Crippen LogP contribution in [0.1, 0.15) is 32.2 Å². The van der Waals surface area contributed by atoms with Gasteiger partial charge in [-0.15, -0.1) is 0 Å². The number of rotatable bonds is 1. The lowest BCUT2D eigenvalue weighted by Crippen LogP contribution is -2.32. The normalized spacial score (nSPS) is 19.5. The summed E-state index contributed by atoms with van der Waals surface area (Å²) in [5.74, 6) is -1.59. The Bertz CT molecular complexity index is 994. The fraction of sp³-hybridized carbons (Fsp3) is 0.0556. The van der Waals surface area contributed by atoms with E-state index in [0.717, 1.165) is 5.56 Å². The Balaban J connectivity index is 1.99. The number of nitriles is 1. The maximum atomic E-state index is 13.0. The first kappa shape index (κ1) is 14.4. The summed E-state index contributed by atoms with van der Waals surface area (Å²) in [7, 11) is 0. The molecular formula is C18H10N2O3S. The Kier molecular flexibility index (Phi) is 3.12. The first-order valence-electron chi connectivity index (χ1n) is 7.15. The van der Waals surface area contributed by atoms with Gasteiger partial charge in [-0.2, -0.15) is 16.6 Å². The van der Waals surface area contributed by atoms with Gasteiger partial charge in [0.15, 0.2) is 11.5 Å². The van der Waals surface area contributed by atoms with E-state index in [-0.39, 0.29) is 34.4 Å². The molecule has 0 saturated heterocycles. The molecule has 0 radical (unpaired) electrons. The summed E-state index contributed by atoms with van der Waals surface area (Å²) in [4.78, 5) is 25.8. The molecule has 0 amide bonds. The van der Waals surface area contributed by atoms with E-state index >= 15 is 0 Å². The summed E-state index contributed by atoms with van der Waals surface area (Å²) in [6, 6.07) is 10.4. The molecule has 1 aromatic heterocycles. The van der Waals surface area contributed by atoms with Gasteiger partial charge in [0, 0.05) is 11.1 Å². The summed E-state index contributed by atoms with van der Waals surface area (Å²) in [6.07, 6.45) is 0. The first-order valence-corrected chi connectivity index (χ1v) is 8.10. The van der Waals surface area contributed by atoms with Gasteiger partial charge >= 0.3 is 0 Å². The summed E-state index contributed by atoms with van der Waals surface area (Å²) >= 11 is 1.44. The zero-order valence-corrected chi connectivity index (χ0v) is 13.1. The van der Waals surface area contributed by atoms with E-state index in [9.17, 15) is 14.9 Å². The van der Waals surface area contributed by atoms with Crippen LogP contribution >= 0.6 is 11.3 Å². The van der Waals surface area contributed by atoms with Crippen molar-refractivity contribution in [2.45, 2.75) is 5.92 Å².